The van der Waals surface area contributed by atoms with Gasteiger partial charge in [0.15, 0.2) is 17.4 Å². The van der Waals surface area contributed by atoms with E-state index in [9.17, 15) is 8.78 Å². The van der Waals surface area contributed by atoms with E-state index in [1.807, 2.05) is 32.9 Å². The summed E-state index contributed by atoms with van der Waals surface area (Å²) in [5.74, 6) is -1.47. The summed E-state index contributed by atoms with van der Waals surface area (Å²) in [6.07, 6.45) is 1.66. The van der Waals surface area contributed by atoms with Crippen molar-refractivity contribution in [3.8, 4) is 11.5 Å². The molecule has 0 fully saturated rings. The summed E-state index contributed by atoms with van der Waals surface area (Å²) in [6, 6.07) is 11.5. The Labute approximate surface area is 133 Å². The van der Waals surface area contributed by atoms with Crippen LogP contribution in [-0.2, 0) is 5.41 Å². The monoisotopic (exact) mass is 313 g/mol. The Kier molecular flexibility index (Phi) is 3.76. The van der Waals surface area contributed by atoms with E-state index in [0.29, 0.717) is 16.8 Å². The average Bonchev–Trinajstić information content (AvgIpc) is 2.49. The molecule has 0 saturated carbocycles. The molecule has 0 aliphatic rings. The van der Waals surface area contributed by atoms with Gasteiger partial charge in [0.05, 0.1) is 5.52 Å². The molecule has 23 heavy (non-hydrogen) atoms. The number of ether oxygens (including phenoxy) is 1. The molecule has 1 aromatic heterocycles. The lowest BCUT2D eigenvalue weighted by Crippen LogP contribution is -2.12. The second kappa shape index (κ2) is 5.61. The maximum atomic E-state index is 14.3. The topological polar surface area (TPSA) is 22.1 Å². The third-order valence-corrected chi connectivity index (χ3v) is 3.66. The average molecular weight is 313 g/mol. The van der Waals surface area contributed by atoms with Gasteiger partial charge in [0.25, 0.3) is 0 Å². The fraction of sp³-hybridized carbons (Fsp3) is 0.211. The second-order valence-electron chi connectivity index (χ2n) is 6.48. The zero-order chi connectivity index (χ0) is 16.6. The molecular weight excluding hydrogens is 296 g/mol. The number of fused-ring (bicyclic) bond motifs is 1. The van der Waals surface area contributed by atoms with Crippen molar-refractivity contribution < 1.29 is 13.5 Å². The van der Waals surface area contributed by atoms with E-state index in [2.05, 4.69) is 4.98 Å². The predicted molar refractivity (Wildman–Crippen MR) is 86.9 cm³/mol. The van der Waals surface area contributed by atoms with Gasteiger partial charge in [-0.2, -0.15) is 0 Å². The van der Waals surface area contributed by atoms with E-state index >= 15 is 0 Å². The van der Waals surface area contributed by atoms with Crippen LogP contribution in [0.4, 0.5) is 8.78 Å². The Balaban J connectivity index is 1.98. The van der Waals surface area contributed by atoms with Gasteiger partial charge in [0, 0.05) is 17.6 Å². The zero-order valence-electron chi connectivity index (χ0n) is 13.2. The molecule has 0 unspecified atom stereocenters. The first-order valence-electron chi connectivity index (χ1n) is 7.37. The molecular formula is C19H17F2NO. The minimum absolute atomic E-state index is 0.340. The Hall–Kier alpha value is -2.49. The van der Waals surface area contributed by atoms with Gasteiger partial charge in [-0.05, 0) is 41.3 Å². The summed E-state index contributed by atoms with van der Waals surface area (Å²) < 4.78 is 33.9. The molecule has 0 aliphatic carbocycles. The number of aromatic nitrogens is 1. The lowest BCUT2D eigenvalue weighted by molar-refractivity contribution is 0.404. The number of halogens is 2. The highest BCUT2D eigenvalue weighted by Crippen LogP contribution is 2.33. The molecule has 3 aromatic rings. The summed E-state index contributed by atoms with van der Waals surface area (Å²) >= 11 is 0. The SMILES string of the molecule is CC(C)(C)c1cc(F)c(Oc2ccc3cccnc3c2)c(F)c1. The summed E-state index contributed by atoms with van der Waals surface area (Å²) in [7, 11) is 0. The van der Waals surface area contributed by atoms with Crippen molar-refractivity contribution in [2.75, 3.05) is 0 Å². The summed E-state index contributed by atoms with van der Waals surface area (Å²) in [5, 5.41) is 0.934. The van der Waals surface area contributed by atoms with E-state index in [0.717, 1.165) is 5.39 Å². The molecule has 0 atom stereocenters. The van der Waals surface area contributed by atoms with Gasteiger partial charge in [-0.15, -0.1) is 0 Å². The standard InChI is InChI=1S/C19H17F2NO/c1-19(2,3)13-9-15(20)18(16(21)10-13)23-14-7-6-12-5-4-8-22-17(12)11-14/h4-11H,1-3H3. The highest BCUT2D eigenvalue weighted by Gasteiger charge is 2.20. The van der Waals surface area contributed by atoms with Crippen LogP contribution in [-0.4, -0.2) is 4.98 Å². The van der Waals surface area contributed by atoms with Crippen molar-refractivity contribution in [2.45, 2.75) is 26.2 Å². The van der Waals surface area contributed by atoms with Crippen LogP contribution in [0.3, 0.4) is 0 Å². The number of nitrogens with zero attached hydrogens (tertiary/aromatic N) is 1. The van der Waals surface area contributed by atoms with Crippen LogP contribution < -0.4 is 4.74 Å². The molecule has 1 heterocycles. The first-order chi connectivity index (χ1) is 10.8. The quantitative estimate of drug-likeness (QED) is 0.614. The number of pyridine rings is 1. The smallest absolute Gasteiger partial charge is 0.198 e. The van der Waals surface area contributed by atoms with Crippen LogP contribution in [0.1, 0.15) is 26.3 Å². The molecule has 0 spiro atoms. The lowest BCUT2D eigenvalue weighted by atomic mass is 9.87. The first-order valence-corrected chi connectivity index (χ1v) is 7.37. The van der Waals surface area contributed by atoms with Crippen LogP contribution in [0.15, 0.2) is 48.7 Å². The van der Waals surface area contributed by atoms with Gasteiger partial charge < -0.3 is 4.74 Å². The van der Waals surface area contributed by atoms with E-state index in [-0.39, 0.29) is 5.41 Å². The minimum atomic E-state index is -0.712. The van der Waals surface area contributed by atoms with Crippen molar-refractivity contribution in [3.63, 3.8) is 0 Å². The number of hydrogen-bond acceptors (Lipinski definition) is 2. The van der Waals surface area contributed by atoms with Gasteiger partial charge in [0.2, 0.25) is 0 Å². The van der Waals surface area contributed by atoms with Crippen LogP contribution in [0.5, 0.6) is 11.5 Å². The van der Waals surface area contributed by atoms with Crippen LogP contribution in [0.25, 0.3) is 10.9 Å². The molecule has 0 amide bonds. The van der Waals surface area contributed by atoms with Gasteiger partial charge in [0.1, 0.15) is 5.75 Å². The maximum absolute atomic E-state index is 14.3. The zero-order valence-corrected chi connectivity index (χ0v) is 13.2. The predicted octanol–water partition coefficient (Wildman–Crippen LogP) is 5.60. The van der Waals surface area contributed by atoms with Gasteiger partial charge in [-0.25, -0.2) is 8.78 Å². The van der Waals surface area contributed by atoms with Gasteiger partial charge >= 0.3 is 0 Å². The molecule has 2 aromatic carbocycles. The Morgan fingerprint density at radius 2 is 1.65 bits per heavy atom. The molecule has 0 aliphatic heterocycles. The van der Waals surface area contributed by atoms with Crippen molar-refractivity contribution in [1.82, 2.24) is 4.98 Å². The van der Waals surface area contributed by atoms with Crippen LogP contribution in [0.2, 0.25) is 0 Å². The van der Waals surface area contributed by atoms with Crippen LogP contribution >= 0.6 is 0 Å². The summed E-state index contributed by atoms with van der Waals surface area (Å²) in [4.78, 5) is 4.21. The Morgan fingerprint density at radius 3 is 2.30 bits per heavy atom. The third kappa shape index (κ3) is 3.16. The van der Waals surface area contributed by atoms with E-state index in [1.54, 1.807) is 24.4 Å². The fourth-order valence-corrected chi connectivity index (χ4v) is 2.32. The molecule has 118 valence electrons. The van der Waals surface area contributed by atoms with Crippen molar-refractivity contribution in [1.29, 1.82) is 0 Å². The normalized spacial score (nSPS) is 11.7. The van der Waals surface area contributed by atoms with Crippen molar-refractivity contribution in [3.05, 3.63) is 65.9 Å². The molecule has 4 heteroatoms. The summed E-state index contributed by atoms with van der Waals surface area (Å²) in [6.45, 7) is 5.70. The number of rotatable bonds is 2. The van der Waals surface area contributed by atoms with E-state index in [4.69, 9.17) is 4.74 Å². The molecule has 0 radical (unpaired) electrons. The highest BCUT2D eigenvalue weighted by atomic mass is 19.1. The van der Waals surface area contributed by atoms with E-state index in [1.165, 1.54) is 12.1 Å². The minimum Gasteiger partial charge on any atom is -0.451 e. The molecule has 3 rings (SSSR count). The third-order valence-electron chi connectivity index (χ3n) is 3.66. The van der Waals surface area contributed by atoms with Crippen LogP contribution in [0, 0.1) is 11.6 Å². The first kappa shape index (κ1) is 15.4. The van der Waals surface area contributed by atoms with E-state index < -0.39 is 17.4 Å². The molecule has 2 nitrogen and oxygen atoms in total. The van der Waals surface area contributed by atoms with Gasteiger partial charge in [-0.1, -0.05) is 26.8 Å². The second-order valence-corrected chi connectivity index (χ2v) is 6.48. The molecule has 0 N–H and O–H groups in total. The Morgan fingerprint density at radius 1 is 0.957 bits per heavy atom. The fourth-order valence-electron chi connectivity index (χ4n) is 2.32. The largest absolute Gasteiger partial charge is 0.451 e. The number of benzene rings is 2. The molecule has 0 saturated heterocycles. The lowest BCUT2D eigenvalue weighted by Gasteiger charge is -2.20. The number of hydrogen-bond donors (Lipinski definition) is 0. The van der Waals surface area contributed by atoms with Crippen molar-refractivity contribution >= 4 is 10.9 Å². The Bertz CT molecular complexity index is 846. The highest BCUT2D eigenvalue weighted by molar-refractivity contribution is 5.79. The molecule has 0 bridgehead atoms. The maximum Gasteiger partial charge on any atom is 0.198 e. The summed E-state index contributed by atoms with van der Waals surface area (Å²) in [5.41, 5.74) is 0.949. The van der Waals surface area contributed by atoms with Gasteiger partial charge in [-0.3, -0.25) is 4.98 Å². The van der Waals surface area contributed by atoms with Crippen molar-refractivity contribution in [2.24, 2.45) is 0 Å².